The number of hydrogen-bond donors (Lipinski definition) is 1. The number of fused-ring (bicyclic) bond motifs is 1. The molecule has 3 aromatic rings. The third-order valence-corrected chi connectivity index (χ3v) is 3.15. The minimum atomic E-state index is -0.267. The van der Waals surface area contributed by atoms with Crippen molar-refractivity contribution in [2.24, 2.45) is 5.92 Å². The second-order valence-corrected chi connectivity index (χ2v) is 5.40. The third kappa shape index (κ3) is 2.81. The van der Waals surface area contributed by atoms with Crippen molar-refractivity contribution in [3.05, 3.63) is 48.4 Å². The van der Waals surface area contributed by atoms with Crippen LogP contribution in [0.5, 0.6) is 0 Å². The molecule has 5 heteroatoms. The fraction of sp³-hybridized carbons (Fsp3) is 0.250. The van der Waals surface area contributed by atoms with Crippen molar-refractivity contribution >= 4 is 22.7 Å². The van der Waals surface area contributed by atoms with Crippen molar-refractivity contribution in [1.82, 2.24) is 9.78 Å². The first-order chi connectivity index (χ1) is 10.1. The Bertz CT molecular complexity index is 738. The Kier molecular flexibility index (Phi) is 3.48. The van der Waals surface area contributed by atoms with E-state index in [9.17, 15) is 4.79 Å². The lowest BCUT2D eigenvalue weighted by Gasteiger charge is -2.09. The fourth-order valence-electron chi connectivity index (χ4n) is 2.20. The molecule has 0 unspecified atom stereocenters. The molecule has 0 aliphatic carbocycles. The molecule has 2 aromatic heterocycles. The van der Waals surface area contributed by atoms with Crippen LogP contribution in [0.4, 0.5) is 5.82 Å². The monoisotopic (exact) mass is 283 g/mol. The zero-order chi connectivity index (χ0) is 14.8. The lowest BCUT2D eigenvalue weighted by Crippen LogP contribution is -2.16. The first-order valence-corrected chi connectivity index (χ1v) is 6.95. The number of hydrogen-bond acceptors (Lipinski definition) is 3. The summed E-state index contributed by atoms with van der Waals surface area (Å²) in [6.45, 7) is 4.96. The van der Waals surface area contributed by atoms with E-state index in [1.165, 1.54) is 0 Å². The van der Waals surface area contributed by atoms with Crippen molar-refractivity contribution in [3.63, 3.8) is 0 Å². The quantitative estimate of drug-likeness (QED) is 0.796. The average Bonchev–Trinajstić information content (AvgIpc) is 3.05. The van der Waals surface area contributed by atoms with Gasteiger partial charge >= 0.3 is 0 Å². The van der Waals surface area contributed by atoms with E-state index in [0.717, 1.165) is 11.9 Å². The molecule has 0 fully saturated rings. The maximum atomic E-state index is 12.3. The molecule has 1 N–H and O–H groups in total. The van der Waals surface area contributed by atoms with Crippen LogP contribution < -0.4 is 5.32 Å². The summed E-state index contributed by atoms with van der Waals surface area (Å²) in [6, 6.07) is 11.1. The summed E-state index contributed by atoms with van der Waals surface area (Å²) in [5.74, 6) is 1.16. The predicted molar refractivity (Wildman–Crippen MR) is 81.2 cm³/mol. The van der Waals surface area contributed by atoms with Crippen LogP contribution in [0, 0.1) is 5.92 Å². The molecule has 0 spiro atoms. The second kappa shape index (κ2) is 5.44. The maximum Gasteiger partial charge on any atom is 0.292 e. The van der Waals surface area contributed by atoms with E-state index in [1.807, 2.05) is 24.3 Å². The maximum absolute atomic E-state index is 12.3. The summed E-state index contributed by atoms with van der Waals surface area (Å²) >= 11 is 0. The van der Waals surface area contributed by atoms with E-state index in [2.05, 4.69) is 24.3 Å². The minimum absolute atomic E-state index is 0.267. The minimum Gasteiger partial charge on any atom is -0.451 e. The van der Waals surface area contributed by atoms with Crippen LogP contribution >= 0.6 is 0 Å². The average molecular weight is 283 g/mol. The highest BCUT2D eigenvalue weighted by molar-refractivity contribution is 6.04. The van der Waals surface area contributed by atoms with E-state index in [4.69, 9.17) is 4.42 Å². The van der Waals surface area contributed by atoms with Crippen LogP contribution in [-0.4, -0.2) is 15.7 Å². The predicted octanol–water partition coefficient (Wildman–Crippen LogP) is 3.54. The second-order valence-electron chi connectivity index (χ2n) is 5.40. The molecule has 0 aliphatic rings. The van der Waals surface area contributed by atoms with Crippen LogP contribution in [0.1, 0.15) is 24.4 Å². The van der Waals surface area contributed by atoms with Crippen LogP contribution in [-0.2, 0) is 6.54 Å². The van der Waals surface area contributed by atoms with Crippen LogP contribution in [0.25, 0.3) is 11.0 Å². The van der Waals surface area contributed by atoms with Crippen molar-refractivity contribution < 1.29 is 9.21 Å². The Hall–Kier alpha value is -2.56. The summed E-state index contributed by atoms with van der Waals surface area (Å²) in [7, 11) is 0. The van der Waals surface area contributed by atoms with Gasteiger partial charge in [-0.25, -0.2) is 4.68 Å². The van der Waals surface area contributed by atoms with Crippen LogP contribution in [0.3, 0.4) is 0 Å². The molecule has 1 amide bonds. The molecule has 0 radical (unpaired) electrons. The SMILES string of the molecule is CC(C)Cn1nccc1NC(=O)c1cc2ccccc2o1. The Morgan fingerprint density at radius 3 is 2.90 bits per heavy atom. The van der Waals surface area contributed by atoms with Gasteiger partial charge in [-0.3, -0.25) is 4.79 Å². The van der Waals surface area contributed by atoms with Gasteiger partial charge in [0, 0.05) is 18.0 Å². The van der Waals surface area contributed by atoms with Gasteiger partial charge in [0.2, 0.25) is 0 Å². The van der Waals surface area contributed by atoms with Crippen LogP contribution in [0.15, 0.2) is 47.0 Å². The Labute approximate surface area is 122 Å². The van der Waals surface area contributed by atoms with Gasteiger partial charge in [-0.2, -0.15) is 5.10 Å². The molecule has 0 saturated heterocycles. The zero-order valence-electron chi connectivity index (χ0n) is 12.0. The molecule has 0 aliphatic heterocycles. The number of furan rings is 1. The van der Waals surface area contributed by atoms with Gasteiger partial charge in [-0.05, 0) is 18.1 Å². The Balaban J connectivity index is 1.81. The number of benzene rings is 1. The van der Waals surface area contributed by atoms with E-state index in [1.54, 1.807) is 23.0 Å². The van der Waals surface area contributed by atoms with Gasteiger partial charge in [0.1, 0.15) is 11.4 Å². The summed E-state index contributed by atoms with van der Waals surface area (Å²) in [5.41, 5.74) is 0.707. The first-order valence-electron chi connectivity index (χ1n) is 6.95. The topological polar surface area (TPSA) is 60.1 Å². The van der Waals surface area contributed by atoms with E-state index in [0.29, 0.717) is 23.1 Å². The summed E-state index contributed by atoms with van der Waals surface area (Å²) in [6.07, 6.45) is 1.68. The molecule has 0 saturated carbocycles. The number of aromatic nitrogens is 2. The lowest BCUT2D eigenvalue weighted by molar-refractivity contribution is 0.0997. The largest absolute Gasteiger partial charge is 0.451 e. The zero-order valence-corrected chi connectivity index (χ0v) is 12.0. The number of para-hydroxylation sites is 1. The first kappa shape index (κ1) is 13.4. The molecule has 0 atom stereocenters. The van der Waals surface area contributed by atoms with Gasteiger partial charge in [0.15, 0.2) is 5.76 Å². The van der Waals surface area contributed by atoms with Gasteiger partial charge < -0.3 is 9.73 Å². The number of nitrogens with zero attached hydrogens (tertiary/aromatic N) is 2. The molecule has 21 heavy (non-hydrogen) atoms. The van der Waals surface area contributed by atoms with Gasteiger partial charge in [-0.15, -0.1) is 0 Å². The smallest absolute Gasteiger partial charge is 0.292 e. The molecule has 2 heterocycles. The normalized spacial score (nSPS) is 11.2. The molecule has 3 rings (SSSR count). The van der Waals surface area contributed by atoms with Gasteiger partial charge in [0.05, 0.1) is 6.20 Å². The van der Waals surface area contributed by atoms with Crippen LogP contribution in [0.2, 0.25) is 0 Å². The van der Waals surface area contributed by atoms with E-state index >= 15 is 0 Å². The molecule has 1 aromatic carbocycles. The van der Waals surface area contributed by atoms with Gasteiger partial charge in [0.25, 0.3) is 5.91 Å². The highest BCUT2D eigenvalue weighted by Crippen LogP contribution is 2.20. The van der Waals surface area contributed by atoms with E-state index in [-0.39, 0.29) is 5.91 Å². The fourth-order valence-corrected chi connectivity index (χ4v) is 2.20. The number of carbonyl (C=O) groups is 1. The number of carbonyl (C=O) groups excluding carboxylic acids is 1. The van der Waals surface area contributed by atoms with Crippen molar-refractivity contribution in [2.45, 2.75) is 20.4 Å². The highest BCUT2D eigenvalue weighted by Gasteiger charge is 2.14. The summed E-state index contributed by atoms with van der Waals surface area (Å²) in [4.78, 5) is 12.3. The van der Waals surface area contributed by atoms with Crippen molar-refractivity contribution in [3.8, 4) is 0 Å². The molecule has 108 valence electrons. The number of amides is 1. The Morgan fingerprint density at radius 1 is 1.33 bits per heavy atom. The molecule has 0 bridgehead atoms. The molecule has 5 nitrogen and oxygen atoms in total. The summed E-state index contributed by atoms with van der Waals surface area (Å²) < 4.78 is 7.34. The Morgan fingerprint density at radius 2 is 2.14 bits per heavy atom. The van der Waals surface area contributed by atoms with Gasteiger partial charge in [-0.1, -0.05) is 32.0 Å². The van der Waals surface area contributed by atoms with Crippen molar-refractivity contribution in [2.75, 3.05) is 5.32 Å². The standard InChI is InChI=1S/C16H17N3O2/c1-11(2)10-19-15(7-8-17-19)18-16(20)14-9-12-5-3-4-6-13(12)21-14/h3-9,11H,10H2,1-2H3,(H,18,20). The van der Waals surface area contributed by atoms with E-state index < -0.39 is 0 Å². The molecular formula is C16H17N3O2. The molecular weight excluding hydrogens is 266 g/mol. The number of anilines is 1. The number of nitrogens with one attached hydrogen (secondary N) is 1. The highest BCUT2D eigenvalue weighted by atomic mass is 16.3. The lowest BCUT2D eigenvalue weighted by atomic mass is 10.2. The van der Waals surface area contributed by atoms with Crippen molar-refractivity contribution in [1.29, 1.82) is 0 Å². The number of rotatable bonds is 4. The third-order valence-electron chi connectivity index (χ3n) is 3.15. The summed E-state index contributed by atoms with van der Waals surface area (Å²) in [5, 5.41) is 7.97.